The predicted molar refractivity (Wildman–Crippen MR) is 71.8 cm³/mol. The zero-order chi connectivity index (χ0) is 13.4. The Kier molecular flexibility index (Phi) is 3.39. The summed E-state index contributed by atoms with van der Waals surface area (Å²) in [6.45, 7) is 8.25. The minimum absolute atomic E-state index is 0.136. The molecule has 2 N–H and O–H groups in total. The van der Waals surface area contributed by atoms with Gasteiger partial charge in [0.05, 0.1) is 17.1 Å². The molecule has 0 bridgehead atoms. The molecule has 0 aliphatic heterocycles. The van der Waals surface area contributed by atoms with Crippen LogP contribution >= 0.6 is 0 Å². The average molecular weight is 249 g/mol. The van der Waals surface area contributed by atoms with Crippen LogP contribution in [0.5, 0.6) is 0 Å². The van der Waals surface area contributed by atoms with Crippen molar-refractivity contribution in [2.24, 2.45) is 11.7 Å². The Morgan fingerprint density at radius 2 is 1.89 bits per heavy atom. The molecule has 2 rings (SSSR count). The predicted octanol–water partition coefficient (Wildman–Crippen LogP) is 3.41. The SMILES string of the molecule is CC(C)C(N)c1nc2ccc(F)cc2n1C(C)C. The summed E-state index contributed by atoms with van der Waals surface area (Å²) in [7, 11) is 0. The molecule has 1 atom stereocenters. The summed E-state index contributed by atoms with van der Waals surface area (Å²) in [5, 5.41) is 0. The molecule has 0 amide bonds. The molecule has 1 aromatic heterocycles. The maximum absolute atomic E-state index is 13.4. The standard InChI is InChI=1S/C14H20FN3/c1-8(2)13(16)14-17-11-6-5-10(15)7-12(11)18(14)9(3)4/h5-9,13H,16H2,1-4H3. The molecule has 3 nitrogen and oxygen atoms in total. The third-order valence-electron chi connectivity index (χ3n) is 3.21. The Hall–Kier alpha value is -1.42. The lowest BCUT2D eigenvalue weighted by molar-refractivity contribution is 0.453. The van der Waals surface area contributed by atoms with Gasteiger partial charge in [0.2, 0.25) is 0 Å². The van der Waals surface area contributed by atoms with Gasteiger partial charge in [0.25, 0.3) is 0 Å². The fourth-order valence-corrected chi connectivity index (χ4v) is 2.16. The van der Waals surface area contributed by atoms with Crippen LogP contribution in [0.1, 0.15) is 45.6 Å². The smallest absolute Gasteiger partial charge is 0.127 e. The topological polar surface area (TPSA) is 43.8 Å². The molecule has 1 heterocycles. The van der Waals surface area contributed by atoms with Crippen molar-refractivity contribution >= 4 is 11.0 Å². The summed E-state index contributed by atoms with van der Waals surface area (Å²) in [5.74, 6) is 0.888. The number of hydrogen-bond acceptors (Lipinski definition) is 2. The molecule has 0 saturated heterocycles. The summed E-state index contributed by atoms with van der Waals surface area (Å²) in [4.78, 5) is 4.57. The molecule has 1 unspecified atom stereocenters. The number of fused-ring (bicyclic) bond motifs is 1. The molecular weight excluding hydrogens is 229 g/mol. The first kappa shape index (κ1) is 13.0. The maximum Gasteiger partial charge on any atom is 0.127 e. The van der Waals surface area contributed by atoms with Gasteiger partial charge < -0.3 is 10.3 Å². The van der Waals surface area contributed by atoms with Crippen LogP contribution in [0, 0.1) is 11.7 Å². The van der Waals surface area contributed by atoms with Gasteiger partial charge in [0, 0.05) is 6.04 Å². The number of rotatable bonds is 3. The van der Waals surface area contributed by atoms with Crippen molar-refractivity contribution < 1.29 is 4.39 Å². The summed E-state index contributed by atoms with van der Waals surface area (Å²) >= 11 is 0. The molecule has 0 spiro atoms. The monoisotopic (exact) mass is 249 g/mol. The highest BCUT2D eigenvalue weighted by atomic mass is 19.1. The number of halogens is 1. The van der Waals surface area contributed by atoms with Gasteiger partial charge in [-0.3, -0.25) is 0 Å². The van der Waals surface area contributed by atoms with Crippen molar-refractivity contribution in [2.75, 3.05) is 0 Å². The number of nitrogens with zero attached hydrogens (tertiary/aromatic N) is 2. The van der Waals surface area contributed by atoms with E-state index in [1.807, 2.05) is 4.57 Å². The van der Waals surface area contributed by atoms with Crippen LogP contribution in [-0.2, 0) is 0 Å². The Balaban J connectivity index is 2.69. The van der Waals surface area contributed by atoms with Gasteiger partial charge in [-0.15, -0.1) is 0 Å². The molecule has 2 aromatic rings. The van der Waals surface area contributed by atoms with E-state index in [9.17, 15) is 4.39 Å². The molecule has 0 aliphatic carbocycles. The summed E-state index contributed by atoms with van der Waals surface area (Å²) in [5.41, 5.74) is 7.82. The first-order chi connectivity index (χ1) is 8.41. The lowest BCUT2D eigenvalue weighted by Crippen LogP contribution is -2.22. The molecule has 0 fully saturated rings. The average Bonchev–Trinajstić information content (AvgIpc) is 2.65. The van der Waals surface area contributed by atoms with Gasteiger partial charge in [-0.25, -0.2) is 9.37 Å². The Bertz CT molecular complexity index is 557. The third-order valence-corrected chi connectivity index (χ3v) is 3.21. The summed E-state index contributed by atoms with van der Waals surface area (Å²) in [6, 6.07) is 4.74. The van der Waals surface area contributed by atoms with E-state index in [-0.39, 0.29) is 17.9 Å². The highest BCUT2D eigenvalue weighted by Crippen LogP contribution is 2.27. The molecule has 1 aromatic carbocycles. The lowest BCUT2D eigenvalue weighted by Gasteiger charge is -2.20. The Morgan fingerprint density at radius 1 is 1.22 bits per heavy atom. The van der Waals surface area contributed by atoms with E-state index in [1.54, 1.807) is 6.07 Å². The van der Waals surface area contributed by atoms with E-state index < -0.39 is 0 Å². The minimum Gasteiger partial charge on any atom is -0.324 e. The van der Waals surface area contributed by atoms with Gasteiger partial charge in [-0.1, -0.05) is 13.8 Å². The van der Waals surface area contributed by atoms with Crippen LogP contribution in [0.4, 0.5) is 4.39 Å². The van der Waals surface area contributed by atoms with Crippen LogP contribution in [0.3, 0.4) is 0 Å². The van der Waals surface area contributed by atoms with Crippen LogP contribution in [-0.4, -0.2) is 9.55 Å². The molecule has 98 valence electrons. The summed E-state index contributed by atoms with van der Waals surface area (Å²) in [6.07, 6.45) is 0. The number of aromatic nitrogens is 2. The quantitative estimate of drug-likeness (QED) is 0.905. The van der Waals surface area contributed by atoms with Crippen LogP contribution < -0.4 is 5.73 Å². The second kappa shape index (κ2) is 4.69. The van der Waals surface area contributed by atoms with Gasteiger partial charge in [0.15, 0.2) is 0 Å². The van der Waals surface area contributed by atoms with E-state index in [1.165, 1.54) is 12.1 Å². The first-order valence-electron chi connectivity index (χ1n) is 6.34. The molecule has 0 aliphatic rings. The van der Waals surface area contributed by atoms with Crippen molar-refractivity contribution in [3.05, 3.63) is 29.8 Å². The number of benzene rings is 1. The maximum atomic E-state index is 13.4. The fraction of sp³-hybridized carbons (Fsp3) is 0.500. The second-order valence-corrected chi connectivity index (χ2v) is 5.34. The molecular formula is C14H20FN3. The van der Waals surface area contributed by atoms with Gasteiger partial charge in [0.1, 0.15) is 11.6 Å². The number of hydrogen-bond donors (Lipinski definition) is 1. The summed E-state index contributed by atoms with van der Waals surface area (Å²) < 4.78 is 15.4. The number of imidazole rings is 1. The third kappa shape index (κ3) is 2.12. The normalized spacial score (nSPS) is 13.8. The van der Waals surface area contributed by atoms with Crippen LogP contribution in [0.15, 0.2) is 18.2 Å². The second-order valence-electron chi connectivity index (χ2n) is 5.34. The zero-order valence-corrected chi connectivity index (χ0v) is 11.3. The van der Waals surface area contributed by atoms with Gasteiger partial charge >= 0.3 is 0 Å². The van der Waals surface area contributed by atoms with Crippen LogP contribution in [0.25, 0.3) is 11.0 Å². The lowest BCUT2D eigenvalue weighted by atomic mass is 10.0. The van der Waals surface area contributed by atoms with Crippen molar-refractivity contribution in [3.63, 3.8) is 0 Å². The zero-order valence-electron chi connectivity index (χ0n) is 11.3. The van der Waals surface area contributed by atoms with Crippen molar-refractivity contribution in [3.8, 4) is 0 Å². The van der Waals surface area contributed by atoms with E-state index in [0.29, 0.717) is 5.92 Å². The van der Waals surface area contributed by atoms with Crippen LogP contribution in [0.2, 0.25) is 0 Å². The molecule has 0 radical (unpaired) electrons. The molecule has 0 saturated carbocycles. The van der Waals surface area contributed by atoms with Crippen molar-refractivity contribution in [1.82, 2.24) is 9.55 Å². The largest absolute Gasteiger partial charge is 0.324 e. The van der Waals surface area contributed by atoms with E-state index >= 15 is 0 Å². The van der Waals surface area contributed by atoms with E-state index in [4.69, 9.17) is 5.73 Å². The molecule has 4 heteroatoms. The Morgan fingerprint density at radius 3 is 2.44 bits per heavy atom. The first-order valence-corrected chi connectivity index (χ1v) is 6.34. The minimum atomic E-state index is -0.242. The van der Waals surface area contributed by atoms with Crippen molar-refractivity contribution in [1.29, 1.82) is 0 Å². The van der Waals surface area contributed by atoms with Crippen molar-refractivity contribution in [2.45, 2.75) is 39.8 Å². The Labute approximate surface area is 107 Å². The van der Waals surface area contributed by atoms with Gasteiger partial charge in [-0.2, -0.15) is 0 Å². The fourth-order valence-electron chi connectivity index (χ4n) is 2.16. The van der Waals surface area contributed by atoms with Gasteiger partial charge in [-0.05, 0) is 38.0 Å². The molecule has 18 heavy (non-hydrogen) atoms. The van der Waals surface area contributed by atoms with E-state index in [2.05, 4.69) is 32.7 Å². The van der Waals surface area contributed by atoms with E-state index in [0.717, 1.165) is 16.9 Å². The number of nitrogens with two attached hydrogens (primary N) is 1. The highest BCUT2D eigenvalue weighted by Gasteiger charge is 2.21. The highest BCUT2D eigenvalue weighted by molar-refractivity contribution is 5.76.